The number of benzene rings is 1. The van der Waals surface area contributed by atoms with Crippen molar-refractivity contribution < 1.29 is 4.39 Å². The van der Waals surface area contributed by atoms with Gasteiger partial charge in [0.2, 0.25) is 5.95 Å². The third-order valence-electron chi connectivity index (χ3n) is 3.38. The minimum Gasteiger partial charge on any atom is -0.368 e. The lowest BCUT2D eigenvalue weighted by atomic mass is 10.1. The quantitative estimate of drug-likeness (QED) is 0.802. The van der Waals surface area contributed by atoms with Gasteiger partial charge in [-0.2, -0.15) is 5.10 Å². The lowest BCUT2D eigenvalue weighted by molar-refractivity contribution is 0.484. The van der Waals surface area contributed by atoms with Crippen LogP contribution in [0, 0.1) is 11.7 Å². The van der Waals surface area contributed by atoms with E-state index in [1.54, 1.807) is 24.4 Å². The van der Waals surface area contributed by atoms with Gasteiger partial charge in [0.1, 0.15) is 11.5 Å². The second-order valence-corrected chi connectivity index (χ2v) is 5.81. The predicted octanol–water partition coefficient (Wildman–Crippen LogP) is 3.38. The highest BCUT2D eigenvalue weighted by atomic mass is 19.1. The molecule has 1 aromatic carbocycles. The molecule has 0 aliphatic rings. The zero-order valence-corrected chi connectivity index (χ0v) is 13.1. The fraction of sp³-hybridized carbons (Fsp3) is 0.235. The molecular weight excluding hydrogens is 293 g/mol. The van der Waals surface area contributed by atoms with E-state index < -0.39 is 0 Å². The van der Waals surface area contributed by atoms with Gasteiger partial charge in [0.25, 0.3) is 0 Å². The molecule has 0 saturated carbocycles. The Morgan fingerprint density at radius 1 is 1.17 bits per heavy atom. The molecule has 2 N–H and O–H groups in total. The molecule has 0 unspecified atom stereocenters. The van der Waals surface area contributed by atoms with Gasteiger partial charge in [-0.3, -0.25) is 4.68 Å². The summed E-state index contributed by atoms with van der Waals surface area (Å²) in [4.78, 5) is 8.20. The number of nitrogen functional groups attached to an aromatic ring is 1. The maximum atomic E-state index is 13.2. The molecule has 3 aromatic rings. The van der Waals surface area contributed by atoms with Crippen LogP contribution >= 0.6 is 0 Å². The van der Waals surface area contributed by atoms with Crippen LogP contribution in [-0.2, 0) is 6.54 Å². The Labute approximate surface area is 134 Å². The van der Waals surface area contributed by atoms with E-state index >= 15 is 0 Å². The molecule has 0 spiro atoms. The number of rotatable bonds is 4. The molecule has 0 amide bonds. The predicted molar refractivity (Wildman–Crippen MR) is 87.9 cm³/mol. The first kappa shape index (κ1) is 15.1. The van der Waals surface area contributed by atoms with Crippen LogP contribution in [0.15, 0.2) is 42.7 Å². The Balaban J connectivity index is 2.12. The van der Waals surface area contributed by atoms with Crippen molar-refractivity contribution in [3.8, 4) is 22.5 Å². The Morgan fingerprint density at radius 2 is 1.91 bits per heavy atom. The zero-order chi connectivity index (χ0) is 16.4. The highest BCUT2D eigenvalue weighted by Gasteiger charge is 2.15. The Kier molecular flexibility index (Phi) is 4.06. The molecule has 0 bridgehead atoms. The van der Waals surface area contributed by atoms with Crippen molar-refractivity contribution in [1.82, 2.24) is 19.7 Å². The summed E-state index contributed by atoms with van der Waals surface area (Å²) in [5.74, 6) is 0.395. The van der Waals surface area contributed by atoms with Crippen molar-refractivity contribution in [2.24, 2.45) is 5.92 Å². The maximum absolute atomic E-state index is 13.2. The summed E-state index contributed by atoms with van der Waals surface area (Å²) in [6.45, 7) is 5.04. The largest absolute Gasteiger partial charge is 0.368 e. The van der Waals surface area contributed by atoms with Crippen molar-refractivity contribution in [2.75, 3.05) is 5.73 Å². The van der Waals surface area contributed by atoms with Crippen molar-refractivity contribution in [3.63, 3.8) is 0 Å². The summed E-state index contributed by atoms with van der Waals surface area (Å²) in [6, 6.07) is 8.07. The van der Waals surface area contributed by atoms with Crippen LogP contribution in [0.2, 0.25) is 0 Å². The van der Waals surface area contributed by atoms with Crippen LogP contribution < -0.4 is 5.73 Å². The van der Waals surface area contributed by atoms with E-state index in [2.05, 4.69) is 28.9 Å². The van der Waals surface area contributed by atoms with Crippen LogP contribution in [0.25, 0.3) is 22.5 Å². The molecule has 2 heterocycles. The molecule has 0 aliphatic heterocycles. The van der Waals surface area contributed by atoms with Gasteiger partial charge >= 0.3 is 0 Å². The second-order valence-electron chi connectivity index (χ2n) is 5.81. The number of aromatic nitrogens is 4. The van der Waals surface area contributed by atoms with E-state index in [1.165, 1.54) is 12.1 Å². The van der Waals surface area contributed by atoms with Gasteiger partial charge in [-0.05, 0) is 36.2 Å². The average molecular weight is 311 g/mol. The molecule has 0 radical (unpaired) electrons. The first-order chi connectivity index (χ1) is 11.0. The molecule has 0 atom stereocenters. The van der Waals surface area contributed by atoms with E-state index in [0.29, 0.717) is 11.6 Å². The summed E-state index contributed by atoms with van der Waals surface area (Å²) < 4.78 is 15.1. The lowest BCUT2D eigenvalue weighted by Gasteiger charge is -2.03. The summed E-state index contributed by atoms with van der Waals surface area (Å²) >= 11 is 0. The zero-order valence-electron chi connectivity index (χ0n) is 13.1. The fourth-order valence-corrected chi connectivity index (χ4v) is 2.42. The van der Waals surface area contributed by atoms with Gasteiger partial charge in [-0.15, -0.1) is 0 Å². The molecule has 0 fully saturated rings. The summed E-state index contributed by atoms with van der Waals surface area (Å²) in [5, 5.41) is 4.65. The fourth-order valence-electron chi connectivity index (χ4n) is 2.42. The molecule has 118 valence electrons. The van der Waals surface area contributed by atoms with Crippen molar-refractivity contribution in [1.29, 1.82) is 0 Å². The SMILES string of the molecule is CC(C)Cn1cc(-c2ccnc(N)n2)c(-c2ccc(F)cc2)n1. The Bertz CT molecular complexity index is 808. The van der Waals surface area contributed by atoms with Gasteiger partial charge in [-0.1, -0.05) is 13.8 Å². The number of anilines is 1. The minimum absolute atomic E-state index is 0.212. The average Bonchev–Trinajstić information content (AvgIpc) is 2.91. The minimum atomic E-state index is -0.275. The molecule has 3 rings (SSSR count). The first-order valence-corrected chi connectivity index (χ1v) is 7.45. The lowest BCUT2D eigenvalue weighted by Crippen LogP contribution is -2.04. The maximum Gasteiger partial charge on any atom is 0.220 e. The third kappa shape index (κ3) is 3.36. The highest BCUT2D eigenvalue weighted by molar-refractivity contribution is 5.78. The van der Waals surface area contributed by atoms with Gasteiger partial charge in [0.15, 0.2) is 0 Å². The van der Waals surface area contributed by atoms with Crippen LogP contribution in [0.1, 0.15) is 13.8 Å². The molecule has 2 aromatic heterocycles. The van der Waals surface area contributed by atoms with Crippen molar-refractivity contribution in [3.05, 3.63) is 48.5 Å². The monoisotopic (exact) mass is 311 g/mol. The van der Waals surface area contributed by atoms with Crippen molar-refractivity contribution in [2.45, 2.75) is 20.4 Å². The Morgan fingerprint density at radius 3 is 2.57 bits per heavy atom. The van der Waals surface area contributed by atoms with Gasteiger partial charge in [-0.25, -0.2) is 14.4 Å². The van der Waals surface area contributed by atoms with Crippen molar-refractivity contribution >= 4 is 5.95 Å². The number of nitrogens with two attached hydrogens (primary N) is 1. The number of nitrogens with zero attached hydrogens (tertiary/aromatic N) is 4. The molecule has 0 aliphatic carbocycles. The Hall–Kier alpha value is -2.76. The topological polar surface area (TPSA) is 69.6 Å². The number of hydrogen-bond donors (Lipinski definition) is 1. The van der Waals surface area contributed by atoms with E-state index in [4.69, 9.17) is 5.73 Å². The van der Waals surface area contributed by atoms with Gasteiger partial charge in [0, 0.05) is 30.1 Å². The first-order valence-electron chi connectivity index (χ1n) is 7.45. The summed E-state index contributed by atoms with van der Waals surface area (Å²) in [6.07, 6.45) is 3.56. The van der Waals surface area contributed by atoms with Crippen LogP contribution in [0.5, 0.6) is 0 Å². The summed E-state index contributed by atoms with van der Waals surface area (Å²) in [5.41, 5.74) is 8.83. The molecule has 23 heavy (non-hydrogen) atoms. The normalized spacial score (nSPS) is 11.1. The summed E-state index contributed by atoms with van der Waals surface area (Å²) in [7, 11) is 0. The van der Waals surface area contributed by atoms with E-state index in [-0.39, 0.29) is 11.8 Å². The standard InChI is InChI=1S/C17H18FN5/c1-11(2)9-23-10-14(15-7-8-20-17(19)21-15)16(22-23)12-3-5-13(18)6-4-12/h3-8,10-11H,9H2,1-2H3,(H2,19,20,21). The third-order valence-corrected chi connectivity index (χ3v) is 3.38. The second kappa shape index (κ2) is 6.16. The van der Waals surface area contributed by atoms with Crippen LogP contribution in [0.3, 0.4) is 0 Å². The van der Waals surface area contributed by atoms with Gasteiger partial charge in [0.05, 0.1) is 5.69 Å². The molecule has 0 saturated heterocycles. The van der Waals surface area contributed by atoms with Crippen LogP contribution in [0.4, 0.5) is 10.3 Å². The molecule has 6 heteroatoms. The smallest absolute Gasteiger partial charge is 0.220 e. The van der Waals surface area contributed by atoms with Crippen LogP contribution in [-0.4, -0.2) is 19.7 Å². The number of halogens is 1. The number of hydrogen-bond acceptors (Lipinski definition) is 4. The van der Waals surface area contributed by atoms with E-state index in [9.17, 15) is 4.39 Å². The van der Waals surface area contributed by atoms with E-state index in [1.807, 2.05) is 10.9 Å². The van der Waals surface area contributed by atoms with Gasteiger partial charge < -0.3 is 5.73 Å². The molecular formula is C17H18FN5. The highest BCUT2D eigenvalue weighted by Crippen LogP contribution is 2.30. The molecule has 5 nitrogen and oxygen atoms in total. The van der Waals surface area contributed by atoms with E-state index in [0.717, 1.165) is 23.4 Å².